The molecule has 0 bridgehead atoms. The highest BCUT2D eigenvalue weighted by atomic mass is 16.5. The van der Waals surface area contributed by atoms with E-state index in [9.17, 15) is 0 Å². The number of methoxy groups -OCH3 is 1. The van der Waals surface area contributed by atoms with E-state index in [1.165, 1.54) is 0 Å². The first-order valence-corrected chi connectivity index (χ1v) is 5.74. The molecule has 2 heterocycles. The molecule has 0 aliphatic carbocycles. The Bertz CT molecular complexity index is 397. The molecule has 1 fully saturated rings. The van der Waals surface area contributed by atoms with Gasteiger partial charge in [0.05, 0.1) is 7.11 Å². The van der Waals surface area contributed by atoms with Gasteiger partial charge in [-0.3, -0.25) is 0 Å². The Kier molecular flexibility index (Phi) is 3.33. The third-order valence-electron chi connectivity index (χ3n) is 3.04. The molecule has 2 N–H and O–H groups in total. The van der Waals surface area contributed by atoms with Crippen LogP contribution in [0.2, 0.25) is 0 Å². The summed E-state index contributed by atoms with van der Waals surface area (Å²) in [4.78, 5) is 12.8. The molecule has 17 heavy (non-hydrogen) atoms. The zero-order chi connectivity index (χ0) is 12.4. The molecule has 2 rings (SSSR count). The van der Waals surface area contributed by atoms with E-state index in [1.54, 1.807) is 7.11 Å². The molecular formula is C11H19N5O. The summed E-state index contributed by atoms with van der Waals surface area (Å²) >= 11 is 0. The monoisotopic (exact) mass is 237 g/mol. The Morgan fingerprint density at radius 3 is 2.82 bits per heavy atom. The van der Waals surface area contributed by atoms with Crippen molar-refractivity contribution in [3.8, 4) is 5.88 Å². The summed E-state index contributed by atoms with van der Waals surface area (Å²) in [6.07, 6.45) is 0. The third kappa shape index (κ3) is 2.58. The van der Waals surface area contributed by atoms with Crippen LogP contribution in [0, 0.1) is 0 Å². The SMILES string of the molecule is COc1cc(N2CCN(C)CC2C)nc(N)n1. The summed E-state index contributed by atoms with van der Waals surface area (Å²) in [5, 5.41) is 0. The second kappa shape index (κ2) is 4.75. The fourth-order valence-corrected chi connectivity index (χ4v) is 2.16. The van der Waals surface area contributed by atoms with Crippen molar-refractivity contribution in [1.29, 1.82) is 0 Å². The molecule has 1 aromatic heterocycles. The smallest absolute Gasteiger partial charge is 0.225 e. The van der Waals surface area contributed by atoms with Gasteiger partial charge in [0.1, 0.15) is 5.82 Å². The molecule has 0 radical (unpaired) electrons. The van der Waals surface area contributed by atoms with Crippen LogP contribution in [0.5, 0.6) is 5.88 Å². The summed E-state index contributed by atoms with van der Waals surface area (Å²) in [6, 6.07) is 2.24. The van der Waals surface area contributed by atoms with Gasteiger partial charge in [-0.25, -0.2) is 0 Å². The lowest BCUT2D eigenvalue weighted by atomic mass is 10.2. The minimum atomic E-state index is 0.255. The third-order valence-corrected chi connectivity index (χ3v) is 3.04. The van der Waals surface area contributed by atoms with Crippen LogP contribution in [0.25, 0.3) is 0 Å². The predicted octanol–water partition coefficient (Wildman–Crippen LogP) is 0.208. The van der Waals surface area contributed by atoms with Gasteiger partial charge in [-0.15, -0.1) is 0 Å². The zero-order valence-electron chi connectivity index (χ0n) is 10.6. The van der Waals surface area contributed by atoms with E-state index >= 15 is 0 Å². The predicted molar refractivity (Wildman–Crippen MR) is 67.3 cm³/mol. The summed E-state index contributed by atoms with van der Waals surface area (Å²) in [5.41, 5.74) is 5.68. The van der Waals surface area contributed by atoms with Crippen LogP contribution in [-0.4, -0.2) is 54.7 Å². The van der Waals surface area contributed by atoms with Crippen molar-refractivity contribution in [3.05, 3.63) is 6.07 Å². The lowest BCUT2D eigenvalue weighted by Gasteiger charge is -2.39. The number of nitrogen functional groups attached to an aromatic ring is 1. The standard InChI is InChI=1S/C11H19N5O/c1-8-7-15(2)4-5-16(8)9-6-10(17-3)14-11(12)13-9/h6,8H,4-5,7H2,1-3H3,(H2,12,13,14). The number of hydrogen-bond donors (Lipinski definition) is 1. The maximum atomic E-state index is 5.68. The van der Waals surface area contributed by atoms with Crippen LogP contribution in [-0.2, 0) is 0 Å². The average molecular weight is 237 g/mol. The van der Waals surface area contributed by atoms with Gasteiger partial charge in [0.2, 0.25) is 11.8 Å². The lowest BCUT2D eigenvalue weighted by molar-refractivity contribution is 0.274. The number of aromatic nitrogens is 2. The molecule has 0 amide bonds. The number of ether oxygens (including phenoxy) is 1. The molecular weight excluding hydrogens is 218 g/mol. The van der Waals surface area contributed by atoms with Gasteiger partial charge >= 0.3 is 0 Å². The molecule has 1 aliphatic heterocycles. The van der Waals surface area contributed by atoms with Crippen LogP contribution < -0.4 is 15.4 Å². The Balaban J connectivity index is 2.24. The van der Waals surface area contributed by atoms with Crippen LogP contribution in [0.3, 0.4) is 0 Å². The molecule has 1 unspecified atom stereocenters. The summed E-state index contributed by atoms with van der Waals surface area (Å²) < 4.78 is 5.11. The van der Waals surface area contributed by atoms with Gasteiger partial charge < -0.3 is 20.3 Å². The topological polar surface area (TPSA) is 67.5 Å². The summed E-state index contributed by atoms with van der Waals surface area (Å²) in [7, 11) is 3.71. The summed E-state index contributed by atoms with van der Waals surface area (Å²) in [6.45, 7) is 5.17. The van der Waals surface area contributed by atoms with Crippen molar-refractivity contribution >= 4 is 11.8 Å². The molecule has 1 saturated heterocycles. The minimum absolute atomic E-state index is 0.255. The van der Waals surface area contributed by atoms with E-state index < -0.39 is 0 Å². The highest BCUT2D eigenvalue weighted by molar-refractivity contribution is 5.46. The molecule has 0 saturated carbocycles. The normalized spacial score (nSPS) is 21.6. The van der Waals surface area contributed by atoms with Crippen molar-refractivity contribution in [2.45, 2.75) is 13.0 Å². The van der Waals surface area contributed by atoms with Gasteiger partial charge in [0.25, 0.3) is 0 Å². The number of rotatable bonds is 2. The number of nitrogens with zero attached hydrogens (tertiary/aromatic N) is 4. The Morgan fingerprint density at radius 2 is 2.18 bits per heavy atom. The number of hydrogen-bond acceptors (Lipinski definition) is 6. The second-order valence-corrected chi connectivity index (χ2v) is 4.43. The minimum Gasteiger partial charge on any atom is -0.481 e. The first-order chi connectivity index (χ1) is 8.10. The lowest BCUT2D eigenvalue weighted by Crippen LogP contribution is -2.50. The van der Waals surface area contributed by atoms with Crippen molar-refractivity contribution in [2.24, 2.45) is 0 Å². The quantitative estimate of drug-likeness (QED) is 0.793. The van der Waals surface area contributed by atoms with Crippen molar-refractivity contribution in [3.63, 3.8) is 0 Å². The number of nitrogens with two attached hydrogens (primary N) is 1. The molecule has 0 spiro atoms. The average Bonchev–Trinajstić information content (AvgIpc) is 2.28. The fraction of sp³-hybridized carbons (Fsp3) is 0.636. The van der Waals surface area contributed by atoms with Gasteiger partial charge in [-0.2, -0.15) is 9.97 Å². The van der Waals surface area contributed by atoms with E-state index in [4.69, 9.17) is 10.5 Å². The van der Waals surface area contributed by atoms with Gasteiger partial charge in [-0.1, -0.05) is 0 Å². The van der Waals surface area contributed by atoms with E-state index in [0.717, 1.165) is 25.5 Å². The Hall–Kier alpha value is -1.56. The second-order valence-electron chi connectivity index (χ2n) is 4.43. The highest BCUT2D eigenvalue weighted by Gasteiger charge is 2.23. The highest BCUT2D eigenvalue weighted by Crippen LogP contribution is 2.22. The van der Waals surface area contributed by atoms with Gasteiger partial charge in [0, 0.05) is 31.7 Å². The van der Waals surface area contributed by atoms with Crippen molar-refractivity contribution < 1.29 is 4.74 Å². The number of piperazine rings is 1. The van der Waals surface area contributed by atoms with E-state index in [1.807, 2.05) is 6.07 Å². The van der Waals surface area contributed by atoms with Gasteiger partial charge in [0.15, 0.2) is 0 Å². The van der Waals surface area contributed by atoms with E-state index in [0.29, 0.717) is 11.9 Å². The summed E-state index contributed by atoms with van der Waals surface area (Å²) in [5.74, 6) is 1.61. The first-order valence-electron chi connectivity index (χ1n) is 5.74. The maximum absolute atomic E-state index is 5.68. The molecule has 1 atom stereocenters. The first kappa shape index (κ1) is 11.9. The van der Waals surface area contributed by atoms with E-state index in [-0.39, 0.29) is 5.95 Å². The Labute approximate surface area is 101 Å². The molecule has 0 aromatic carbocycles. The van der Waals surface area contributed by atoms with Crippen LogP contribution in [0.4, 0.5) is 11.8 Å². The molecule has 6 nitrogen and oxygen atoms in total. The van der Waals surface area contributed by atoms with Crippen molar-refractivity contribution in [2.75, 3.05) is 44.4 Å². The maximum Gasteiger partial charge on any atom is 0.225 e. The van der Waals surface area contributed by atoms with Crippen LogP contribution >= 0.6 is 0 Å². The Morgan fingerprint density at radius 1 is 1.41 bits per heavy atom. The van der Waals surface area contributed by atoms with Crippen LogP contribution in [0.1, 0.15) is 6.92 Å². The molecule has 1 aromatic rings. The molecule has 94 valence electrons. The number of likely N-dealkylation sites (N-methyl/N-ethyl adjacent to an activating group) is 1. The van der Waals surface area contributed by atoms with Gasteiger partial charge in [-0.05, 0) is 14.0 Å². The molecule has 6 heteroatoms. The largest absolute Gasteiger partial charge is 0.481 e. The van der Waals surface area contributed by atoms with Crippen LogP contribution in [0.15, 0.2) is 6.07 Å². The number of anilines is 2. The fourth-order valence-electron chi connectivity index (χ4n) is 2.16. The van der Waals surface area contributed by atoms with Crippen molar-refractivity contribution in [1.82, 2.24) is 14.9 Å². The zero-order valence-corrected chi connectivity index (χ0v) is 10.6. The molecule has 1 aliphatic rings. The van der Waals surface area contributed by atoms with E-state index in [2.05, 4.69) is 33.7 Å².